The predicted molar refractivity (Wildman–Crippen MR) is 190 cm³/mol. The first-order chi connectivity index (χ1) is 23.0. The van der Waals surface area contributed by atoms with Gasteiger partial charge >= 0.3 is 6.03 Å². The molecular formula is C38H48F2N4O4S. The summed E-state index contributed by atoms with van der Waals surface area (Å²) < 4.78 is 58.3. The van der Waals surface area contributed by atoms with Gasteiger partial charge in [0, 0.05) is 32.4 Å². The van der Waals surface area contributed by atoms with E-state index >= 15 is 4.79 Å². The third-order valence-corrected chi connectivity index (χ3v) is 11.0. The van der Waals surface area contributed by atoms with E-state index in [1.165, 1.54) is 30.5 Å². The highest BCUT2D eigenvalue weighted by Gasteiger charge is 2.60. The Morgan fingerprint density at radius 3 is 2.00 bits per heavy atom. The third-order valence-electron chi connectivity index (χ3n) is 9.96. The number of benzene rings is 3. The van der Waals surface area contributed by atoms with Gasteiger partial charge in [-0.25, -0.2) is 22.0 Å². The van der Waals surface area contributed by atoms with E-state index in [1.54, 1.807) is 34.1 Å². The van der Waals surface area contributed by atoms with E-state index in [-0.39, 0.29) is 17.2 Å². The van der Waals surface area contributed by atoms with E-state index in [4.69, 9.17) is 9.73 Å². The Balaban J connectivity index is 1.65. The highest BCUT2D eigenvalue weighted by molar-refractivity contribution is 7.90. The van der Waals surface area contributed by atoms with Crippen LogP contribution >= 0.6 is 0 Å². The van der Waals surface area contributed by atoms with Crippen molar-refractivity contribution < 1.29 is 26.7 Å². The van der Waals surface area contributed by atoms with Crippen LogP contribution in [0, 0.1) is 11.6 Å². The molecule has 0 bridgehead atoms. The molecular weight excluding hydrogens is 647 g/mol. The van der Waals surface area contributed by atoms with Gasteiger partial charge in [0.15, 0.2) is 0 Å². The number of halogens is 2. The van der Waals surface area contributed by atoms with Gasteiger partial charge in [-0.2, -0.15) is 0 Å². The van der Waals surface area contributed by atoms with E-state index in [0.717, 1.165) is 5.56 Å². The van der Waals surface area contributed by atoms with Crippen molar-refractivity contribution in [2.45, 2.75) is 64.5 Å². The molecule has 0 aromatic heterocycles. The van der Waals surface area contributed by atoms with Crippen molar-refractivity contribution in [3.8, 4) is 5.75 Å². The van der Waals surface area contributed by atoms with E-state index in [2.05, 4.69) is 25.7 Å². The standard InChI is InChI=1S/C38H48F2N4O4S/c1-8-48-33-26-29(36(2,3)4)14-19-32(33)34-41-37(5,27-10-15-30(39)16-11-27)38(6,28-12-17-31(40)18-13-28)44(34)35(45)43-23-21-42(22-24-43)20-9-25-49(7,46)47/h10-19,26H,8-9,20-25H2,1-7H3/t37-,38+/m0/s1. The van der Waals surface area contributed by atoms with Crippen LogP contribution in [0.15, 0.2) is 71.7 Å². The number of hydrogen-bond acceptors (Lipinski definition) is 6. The molecule has 264 valence electrons. The van der Waals surface area contributed by atoms with E-state index < -0.39 is 32.5 Å². The molecule has 2 heterocycles. The maximum absolute atomic E-state index is 15.1. The molecule has 2 atom stereocenters. The van der Waals surface area contributed by atoms with Crippen LogP contribution in [-0.2, 0) is 26.3 Å². The fourth-order valence-corrected chi connectivity index (χ4v) is 7.52. The number of piperazine rings is 1. The summed E-state index contributed by atoms with van der Waals surface area (Å²) in [4.78, 5) is 26.1. The summed E-state index contributed by atoms with van der Waals surface area (Å²) in [5.74, 6) is 0.316. The fraction of sp³-hybridized carbons (Fsp3) is 0.474. The second kappa shape index (κ2) is 13.8. The second-order valence-electron chi connectivity index (χ2n) is 14.4. The first-order valence-corrected chi connectivity index (χ1v) is 18.9. The summed E-state index contributed by atoms with van der Waals surface area (Å²) in [5, 5.41) is 0. The molecule has 5 rings (SSSR count). The van der Waals surface area contributed by atoms with Gasteiger partial charge < -0.3 is 9.64 Å². The number of sulfone groups is 1. The van der Waals surface area contributed by atoms with Gasteiger partial charge in [0.05, 0.1) is 17.9 Å². The first-order valence-electron chi connectivity index (χ1n) is 16.9. The van der Waals surface area contributed by atoms with Gasteiger partial charge in [0.2, 0.25) is 0 Å². The van der Waals surface area contributed by atoms with Gasteiger partial charge in [-0.05, 0) is 92.2 Å². The molecule has 49 heavy (non-hydrogen) atoms. The van der Waals surface area contributed by atoms with Crippen molar-refractivity contribution >= 4 is 21.7 Å². The van der Waals surface area contributed by atoms with Crippen molar-refractivity contribution in [1.29, 1.82) is 0 Å². The van der Waals surface area contributed by atoms with Crippen LogP contribution in [0.1, 0.15) is 70.2 Å². The summed E-state index contributed by atoms with van der Waals surface area (Å²) in [6, 6.07) is 18.0. The topological polar surface area (TPSA) is 82.5 Å². The van der Waals surface area contributed by atoms with Crippen LogP contribution in [0.2, 0.25) is 0 Å². The molecule has 0 saturated carbocycles. The van der Waals surface area contributed by atoms with E-state index in [0.29, 0.717) is 74.0 Å². The molecule has 0 unspecified atom stereocenters. The number of carbonyl (C=O) groups is 1. The smallest absolute Gasteiger partial charge is 0.326 e. The molecule has 0 radical (unpaired) electrons. The number of carbonyl (C=O) groups excluding carboxylic acids is 1. The number of amides is 2. The zero-order chi connectivity index (χ0) is 35.8. The minimum absolute atomic E-state index is 0.119. The van der Waals surface area contributed by atoms with Gasteiger partial charge in [0.1, 0.15) is 44.1 Å². The molecule has 3 aromatic rings. The lowest BCUT2D eigenvalue weighted by Crippen LogP contribution is -2.60. The maximum atomic E-state index is 15.1. The number of ether oxygens (including phenoxy) is 1. The number of nitrogens with zero attached hydrogens (tertiary/aromatic N) is 4. The SMILES string of the molecule is CCOc1cc(C(C)(C)C)ccc1C1=N[C@@](C)(c2ccc(F)cc2)[C@@](C)(c2ccc(F)cc2)N1C(=O)N1CCN(CCCS(C)(=O)=O)CC1. The normalized spacial score (nSPS) is 21.9. The van der Waals surface area contributed by atoms with Crippen LogP contribution in [0.3, 0.4) is 0 Å². The predicted octanol–water partition coefficient (Wildman–Crippen LogP) is 6.73. The number of urea groups is 1. The lowest BCUT2D eigenvalue weighted by molar-refractivity contribution is 0.0868. The summed E-state index contributed by atoms with van der Waals surface area (Å²) in [7, 11) is -3.06. The molecule has 1 saturated heterocycles. The zero-order valence-electron chi connectivity index (χ0n) is 29.6. The number of amidine groups is 1. The van der Waals surface area contributed by atoms with E-state index in [9.17, 15) is 17.2 Å². The number of aliphatic imine (C=N–C) groups is 1. The maximum Gasteiger partial charge on any atom is 0.326 e. The minimum Gasteiger partial charge on any atom is -0.493 e. The van der Waals surface area contributed by atoms with Crippen molar-refractivity contribution in [1.82, 2.24) is 14.7 Å². The monoisotopic (exact) mass is 694 g/mol. The zero-order valence-corrected chi connectivity index (χ0v) is 30.4. The Bertz CT molecular complexity index is 1800. The summed E-state index contributed by atoms with van der Waals surface area (Å²) >= 11 is 0. The second-order valence-corrected chi connectivity index (χ2v) is 16.7. The highest BCUT2D eigenvalue weighted by Crippen LogP contribution is 2.54. The Morgan fingerprint density at radius 2 is 1.47 bits per heavy atom. The molecule has 8 nitrogen and oxygen atoms in total. The molecule has 2 amide bonds. The van der Waals surface area contributed by atoms with Crippen molar-refractivity contribution in [3.05, 3.63) is 101 Å². The lowest BCUT2D eigenvalue weighted by atomic mass is 9.71. The average molecular weight is 695 g/mol. The summed E-state index contributed by atoms with van der Waals surface area (Å²) in [6.07, 6.45) is 1.77. The van der Waals surface area contributed by atoms with Gasteiger partial charge in [-0.15, -0.1) is 0 Å². The molecule has 2 aliphatic rings. The van der Waals surface area contributed by atoms with E-state index in [1.807, 2.05) is 39.0 Å². The number of hydrogen-bond donors (Lipinski definition) is 0. The summed E-state index contributed by atoms with van der Waals surface area (Å²) in [6.45, 7) is 15.2. The van der Waals surface area contributed by atoms with Gasteiger partial charge in [-0.3, -0.25) is 14.8 Å². The van der Waals surface area contributed by atoms with Gasteiger partial charge in [-0.1, -0.05) is 51.1 Å². The minimum atomic E-state index is -3.06. The lowest BCUT2D eigenvalue weighted by Gasteiger charge is -2.47. The molecule has 0 spiro atoms. The molecule has 0 N–H and O–H groups in total. The van der Waals surface area contributed by atoms with Crippen LogP contribution in [0.25, 0.3) is 0 Å². The van der Waals surface area contributed by atoms with Crippen molar-refractivity contribution in [2.75, 3.05) is 51.3 Å². The third kappa shape index (κ3) is 7.38. The Morgan fingerprint density at radius 1 is 0.898 bits per heavy atom. The van der Waals surface area contributed by atoms with Crippen LogP contribution in [0.5, 0.6) is 5.75 Å². The Labute approximate surface area is 289 Å². The van der Waals surface area contributed by atoms with Crippen LogP contribution in [0.4, 0.5) is 13.6 Å². The van der Waals surface area contributed by atoms with Crippen LogP contribution in [-0.4, -0.2) is 86.3 Å². The van der Waals surface area contributed by atoms with Gasteiger partial charge in [0.25, 0.3) is 0 Å². The summed E-state index contributed by atoms with van der Waals surface area (Å²) in [5.41, 5.74) is 0.564. The number of rotatable bonds is 9. The van der Waals surface area contributed by atoms with Crippen LogP contribution < -0.4 is 4.74 Å². The molecule has 2 aliphatic heterocycles. The molecule has 0 aliphatic carbocycles. The molecule has 1 fully saturated rings. The largest absolute Gasteiger partial charge is 0.493 e. The van der Waals surface area contributed by atoms with Crippen molar-refractivity contribution in [3.63, 3.8) is 0 Å². The first kappa shape index (κ1) is 36.5. The Hall–Kier alpha value is -3.83. The molecule has 3 aromatic carbocycles. The van der Waals surface area contributed by atoms with Crippen molar-refractivity contribution in [2.24, 2.45) is 4.99 Å². The molecule has 11 heteroatoms. The average Bonchev–Trinajstić information content (AvgIpc) is 3.28. The fourth-order valence-electron chi connectivity index (χ4n) is 6.87. The Kier molecular flexibility index (Phi) is 10.3. The quantitative estimate of drug-likeness (QED) is 0.248. The highest BCUT2D eigenvalue weighted by atomic mass is 32.2.